The van der Waals surface area contributed by atoms with Gasteiger partial charge in [-0.15, -0.1) is 11.3 Å². The molecule has 1 aliphatic heterocycles. The number of hydrogen-bond acceptors (Lipinski definition) is 6. The van der Waals surface area contributed by atoms with Crippen LogP contribution in [0.25, 0.3) is 21.3 Å². The van der Waals surface area contributed by atoms with Crippen LogP contribution in [-0.2, 0) is 4.74 Å². The van der Waals surface area contributed by atoms with E-state index in [2.05, 4.69) is 14.9 Å². The molecule has 0 radical (unpaired) electrons. The largest absolute Gasteiger partial charge is 0.450 e. The number of carbonyl (C=O) groups is 1. The maximum absolute atomic E-state index is 13.4. The molecule has 0 aliphatic carbocycles. The topological polar surface area (TPSA) is 58.6 Å². The Hall–Kier alpha value is -2.45. The predicted octanol–water partition coefficient (Wildman–Crippen LogP) is 4.74. The summed E-state index contributed by atoms with van der Waals surface area (Å²) in [4.78, 5) is 26.6. The zero-order valence-corrected chi connectivity index (χ0v) is 17.7. The monoisotopic (exact) mass is 434 g/mol. The lowest BCUT2D eigenvalue weighted by Crippen LogP contribution is -2.49. The average Bonchev–Trinajstić information content (AvgIpc) is 3.04. The standard InChI is InChI=1S/C20H20ClFN4O2S/c1-3-28-20(27)26-10-8-25(9-11-26)17-16-15(13-4-6-14(22)7-5-13)12(2)29-18(16)24-19(21)23-17/h4-7H,3,8-11H2,1-2H3. The molecule has 3 aromatic rings. The highest BCUT2D eigenvalue weighted by molar-refractivity contribution is 7.19. The fraction of sp³-hybridized carbons (Fsp3) is 0.350. The third kappa shape index (κ3) is 3.86. The number of anilines is 1. The van der Waals surface area contributed by atoms with Gasteiger partial charge in [0, 0.05) is 36.6 Å². The first kappa shape index (κ1) is 19.8. The van der Waals surface area contributed by atoms with Gasteiger partial charge < -0.3 is 14.5 Å². The van der Waals surface area contributed by atoms with Gasteiger partial charge in [-0.2, -0.15) is 4.98 Å². The van der Waals surface area contributed by atoms with Gasteiger partial charge in [0.25, 0.3) is 0 Å². The molecule has 29 heavy (non-hydrogen) atoms. The second-order valence-corrected chi connectivity index (χ2v) is 8.25. The second-order valence-electron chi connectivity index (χ2n) is 6.71. The minimum absolute atomic E-state index is 0.187. The summed E-state index contributed by atoms with van der Waals surface area (Å²) < 4.78 is 18.5. The Morgan fingerprint density at radius 2 is 1.90 bits per heavy atom. The molecule has 2 aromatic heterocycles. The quantitative estimate of drug-likeness (QED) is 0.557. The summed E-state index contributed by atoms with van der Waals surface area (Å²) in [6, 6.07) is 6.43. The molecule has 0 atom stereocenters. The Morgan fingerprint density at radius 1 is 1.21 bits per heavy atom. The number of rotatable bonds is 3. The second kappa shape index (κ2) is 8.12. The smallest absolute Gasteiger partial charge is 0.409 e. The van der Waals surface area contributed by atoms with Gasteiger partial charge in [-0.3, -0.25) is 0 Å². The van der Waals surface area contributed by atoms with Crippen LogP contribution < -0.4 is 4.90 Å². The minimum atomic E-state index is -0.295. The van der Waals surface area contributed by atoms with Gasteiger partial charge in [-0.1, -0.05) is 12.1 Å². The maximum atomic E-state index is 13.4. The van der Waals surface area contributed by atoms with Crippen molar-refractivity contribution in [2.24, 2.45) is 0 Å². The van der Waals surface area contributed by atoms with Gasteiger partial charge in [0.15, 0.2) is 0 Å². The molecule has 0 spiro atoms. The first-order valence-electron chi connectivity index (χ1n) is 9.37. The van der Waals surface area contributed by atoms with E-state index in [9.17, 15) is 9.18 Å². The number of aromatic nitrogens is 2. The number of hydrogen-bond donors (Lipinski definition) is 0. The van der Waals surface area contributed by atoms with Crippen LogP contribution in [0.15, 0.2) is 24.3 Å². The number of halogens is 2. The molecule has 1 amide bonds. The van der Waals surface area contributed by atoms with Crippen molar-refractivity contribution in [3.05, 3.63) is 40.2 Å². The van der Waals surface area contributed by atoms with Crippen LogP contribution in [0, 0.1) is 12.7 Å². The summed E-state index contributed by atoms with van der Waals surface area (Å²) in [6.07, 6.45) is -0.295. The van der Waals surface area contributed by atoms with E-state index >= 15 is 0 Å². The Balaban J connectivity index is 1.73. The van der Waals surface area contributed by atoms with Gasteiger partial charge in [0.1, 0.15) is 16.5 Å². The molecule has 1 saturated heterocycles. The Labute approximate surface area is 176 Å². The fourth-order valence-corrected chi connectivity index (χ4v) is 4.83. The van der Waals surface area contributed by atoms with Crippen molar-refractivity contribution in [3.8, 4) is 11.1 Å². The van der Waals surface area contributed by atoms with Crippen molar-refractivity contribution in [1.29, 1.82) is 0 Å². The van der Waals surface area contributed by atoms with Crippen LogP contribution in [0.1, 0.15) is 11.8 Å². The van der Waals surface area contributed by atoms with Crippen molar-refractivity contribution in [2.45, 2.75) is 13.8 Å². The molecule has 1 fully saturated rings. The Morgan fingerprint density at radius 3 is 2.55 bits per heavy atom. The molecular weight excluding hydrogens is 415 g/mol. The minimum Gasteiger partial charge on any atom is -0.450 e. The molecule has 9 heteroatoms. The van der Waals surface area contributed by atoms with Crippen LogP contribution in [0.3, 0.4) is 0 Å². The highest BCUT2D eigenvalue weighted by atomic mass is 35.5. The Kier molecular flexibility index (Phi) is 5.56. The molecule has 6 nitrogen and oxygen atoms in total. The number of nitrogens with zero attached hydrogens (tertiary/aromatic N) is 4. The zero-order chi connectivity index (χ0) is 20.5. The SMILES string of the molecule is CCOC(=O)N1CCN(c2nc(Cl)nc3sc(C)c(-c4ccc(F)cc4)c23)CC1. The third-order valence-corrected chi connectivity index (χ3v) is 6.09. The Bertz CT molecular complexity index is 1050. The molecule has 152 valence electrons. The lowest BCUT2D eigenvalue weighted by Gasteiger charge is -2.35. The van der Waals surface area contributed by atoms with E-state index < -0.39 is 0 Å². The van der Waals surface area contributed by atoms with E-state index in [1.165, 1.54) is 12.1 Å². The number of thiophene rings is 1. The van der Waals surface area contributed by atoms with E-state index in [4.69, 9.17) is 16.3 Å². The molecule has 3 heterocycles. The zero-order valence-electron chi connectivity index (χ0n) is 16.1. The first-order chi connectivity index (χ1) is 14.0. The number of fused-ring (bicyclic) bond motifs is 1. The van der Waals surface area contributed by atoms with Crippen molar-refractivity contribution < 1.29 is 13.9 Å². The summed E-state index contributed by atoms with van der Waals surface area (Å²) in [6.45, 7) is 6.47. The van der Waals surface area contributed by atoms with Crippen LogP contribution in [0.5, 0.6) is 0 Å². The fourth-order valence-electron chi connectivity index (χ4n) is 3.58. The molecule has 4 rings (SSSR count). The normalized spacial score (nSPS) is 14.5. The summed E-state index contributed by atoms with van der Waals surface area (Å²) in [7, 11) is 0. The van der Waals surface area contributed by atoms with Crippen molar-refractivity contribution >= 4 is 45.1 Å². The molecule has 1 aliphatic rings. The van der Waals surface area contributed by atoms with Gasteiger partial charge in [0.2, 0.25) is 5.28 Å². The van der Waals surface area contributed by atoms with Crippen molar-refractivity contribution in [1.82, 2.24) is 14.9 Å². The third-order valence-electron chi connectivity index (χ3n) is 4.92. The van der Waals surface area contributed by atoms with Gasteiger partial charge in [-0.25, -0.2) is 14.2 Å². The van der Waals surface area contributed by atoms with E-state index in [1.54, 1.807) is 35.3 Å². The lowest BCUT2D eigenvalue weighted by atomic mass is 10.0. The van der Waals surface area contributed by atoms with E-state index in [-0.39, 0.29) is 17.2 Å². The summed E-state index contributed by atoms with van der Waals surface area (Å²) in [5.74, 6) is 0.465. The highest BCUT2D eigenvalue weighted by Gasteiger charge is 2.27. The first-order valence-corrected chi connectivity index (χ1v) is 10.6. The van der Waals surface area contributed by atoms with Crippen LogP contribution in [-0.4, -0.2) is 53.7 Å². The number of amides is 1. The van der Waals surface area contributed by atoms with E-state index in [1.807, 2.05) is 6.92 Å². The van der Waals surface area contributed by atoms with E-state index in [0.717, 1.165) is 32.0 Å². The number of piperazine rings is 1. The molecule has 0 unspecified atom stereocenters. The number of ether oxygens (including phenoxy) is 1. The van der Waals surface area contributed by atoms with E-state index in [0.29, 0.717) is 32.8 Å². The van der Waals surface area contributed by atoms with Gasteiger partial charge >= 0.3 is 6.09 Å². The van der Waals surface area contributed by atoms with Crippen molar-refractivity contribution in [3.63, 3.8) is 0 Å². The number of carbonyl (C=O) groups excluding carboxylic acids is 1. The van der Waals surface area contributed by atoms with Gasteiger partial charge in [-0.05, 0) is 43.1 Å². The molecule has 0 N–H and O–H groups in total. The lowest BCUT2D eigenvalue weighted by molar-refractivity contribution is 0.105. The molecule has 0 bridgehead atoms. The summed E-state index contributed by atoms with van der Waals surface area (Å²) in [5, 5.41) is 1.10. The molecule has 1 aromatic carbocycles. The van der Waals surface area contributed by atoms with Gasteiger partial charge in [0.05, 0.1) is 12.0 Å². The molecule has 0 saturated carbocycles. The summed E-state index contributed by atoms with van der Waals surface area (Å²) in [5.41, 5.74) is 1.90. The number of benzene rings is 1. The maximum Gasteiger partial charge on any atom is 0.409 e. The average molecular weight is 435 g/mol. The molecular formula is C20H20ClFN4O2S. The summed E-state index contributed by atoms with van der Waals surface area (Å²) >= 11 is 7.76. The van der Waals surface area contributed by atoms with Crippen LogP contribution in [0.4, 0.5) is 15.0 Å². The predicted molar refractivity (Wildman–Crippen MR) is 113 cm³/mol. The van der Waals surface area contributed by atoms with Crippen LogP contribution in [0.2, 0.25) is 5.28 Å². The van der Waals surface area contributed by atoms with Crippen molar-refractivity contribution in [2.75, 3.05) is 37.7 Å². The van der Waals surface area contributed by atoms with Crippen LogP contribution >= 0.6 is 22.9 Å². The number of aryl methyl sites for hydroxylation is 1. The highest BCUT2D eigenvalue weighted by Crippen LogP contribution is 2.42.